The fraction of sp³-hybridized carbons (Fsp3) is 0.250. The zero-order valence-electron chi connectivity index (χ0n) is 14.6. The number of amides is 1. The summed E-state index contributed by atoms with van der Waals surface area (Å²) < 4.78 is 44.3. The molecule has 0 saturated heterocycles. The number of halogens is 3. The van der Waals surface area contributed by atoms with Crippen molar-refractivity contribution < 1.29 is 22.7 Å². The molecule has 0 heterocycles. The smallest absolute Gasteiger partial charge is 0.378 e. The minimum atomic E-state index is -4.39. The molecule has 0 radical (unpaired) electrons. The molecule has 3 rings (SSSR count). The molecule has 0 unspecified atom stereocenters. The van der Waals surface area contributed by atoms with Crippen LogP contribution in [-0.4, -0.2) is 13.0 Å². The summed E-state index contributed by atoms with van der Waals surface area (Å²) in [5.41, 5.74) is 2.12. The monoisotopic (exact) mass is 376 g/mol. The van der Waals surface area contributed by atoms with Crippen molar-refractivity contribution in [3.8, 4) is 0 Å². The van der Waals surface area contributed by atoms with E-state index in [4.69, 9.17) is 4.74 Å². The second kappa shape index (κ2) is 7.44. The van der Waals surface area contributed by atoms with Gasteiger partial charge in [-0.2, -0.15) is 13.2 Å². The third-order valence-electron chi connectivity index (χ3n) is 4.53. The molecule has 0 fully saturated rings. The summed E-state index contributed by atoms with van der Waals surface area (Å²) in [6.45, 7) is 3.42. The molecule has 0 aromatic heterocycles. The van der Waals surface area contributed by atoms with Crippen molar-refractivity contribution in [3.63, 3.8) is 0 Å². The van der Waals surface area contributed by atoms with Crippen molar-refractivity contribution in [2.45, 2.75) is 24.7 Å². The predicted octanol–water partition coefficient (Wildman–Crippen LogP) is 5.07. The summed E-state index contributed by atoms with van der Waals surface area (Å²) in [5, 5.41) is 5.86. The van der Waals surface area contributed by atoms with Crippen molar-refractivity contribution >= 4 is 17.3 Å². The van der Waals surface area contributed by atoms with Crippen LogP contribution < -0.4 is 10.6 Å². The van der Waals surface area contributed by atoms with E-state index in [9.17, 15) is 18.0 Å². The summed E-state index contributed by atoms with van der Waals surface area (Å²) in [6.07, 6.45) is -2.86. The van der Waals surface area contributed by atoms with Crippen LogP contribution in [0.3, 0.4) is 0 Å². The average molecular weight is 376 g/mol. The number of carbonyl (C=O) groups is 1. The Morgan fingerprint density at radius 3 is 2.63 bits per heavy atom. The molecule has 1 aliphatic carbocycles. The number of carbonyl (C=O) groups excluding carboxylic acids is 1. The largest absolute Gasteiger partial charge is 0.416 e. The highest BCUT2D eigenvalue weighted by molar-refractivity contribution is 5.98. The van der Waals surface area contributed by atoms with E-state index in [1.165, 1.54) is 12.1 Å². The van der Waals surface area contributed by atoms with Crippen LogP contribution in [0.5, 0.6) is 0 Å². The van der Waals surface area contributed by atoms with Gasteiger partial charge >= 0.3 is 6.18 Å². The molecule has 142 valence electrons. The number of rotatable bonds is 5. The molecule has 2 aromatic carbocycles. The van der Waals surface area contributed by atoms with Crippen LogP contribution in [-0.2, 0) is 15.7 Å². The van der Waals surface area contributed by atoms with E-state index in [1.807, 2.05) is 12.1 Å². The highest BCUT2D eigenvalue weighted by Crippen LogP contribution is 2.43. The number of benzene rings is 2. The average Bonchev–Trinajstić information content (AvgIpc) is 2.98. The first-order valence-electron chi connectivity index (χ1n) is 8.35. The first kappa shape index (κ1) is 19.0. The lowest BCUT2D eigenvalue weighted by Crippen LogP contribution is -2.10. The summed E-state index contributed by atoms with van der Waals surface area (Å²) >= 11 is 0. The van der Waals surface area contributed by atoms with Crippen molar-refractivity contribution in [1.82, 2.24) is 0 Å². The van der Waals surface area contributed by atoms with Crippen LogP contribution in [0.15, 0.2) is 55.1 Å². The number of hydrogen-bond acceptors (Lipinski definition) is 3. The number of ether oxygens (including phenoxy) is 1. The van der Waals surface area contributed by atoms with E-state index in [2.05, 4.69) is 17.2 Å². The van der Waals surface area contributed by atoms with Crippen molar-refractivity contribution in [2.24, 2.45) is 0 Å². The fourth-order valence-corrected chi connectivity index (χ4v) is 3.26. The SMILES string of the molecule is C=CC(=O)Nc1ccc2c(c1)[C@@H](OC)C[C@H]2Nc1cccc(C(F)(F)F)c1. The maximum atomic E-state index is 12.9. The van der Waals surface area contributed by atoms with E-state index in [1.54, 1.807) is 19.2 Å². The number of hydrogen-bond donors (Lipinski definition) is 2. The second-order valence-electron chi connectivity index (χ2n) is 6.27. The van der Waals surface area contributed by atoms with Crippen LogP contribution in [0.2, 0.25) is 0 Å². The lowest BCUT2D eigenvalue weighted by molar-refractivity contribution is -0.137. The van der Waals surface area contributed by atoms with Crippen LogP contribution >= 0.6 is 0 Å². The molecule has 2 atom stereocenters. The van der Waals surface area contributed by atoms with Gasteiger partial charge in [-0.15, -0.1) is 0 Å². The highest BCUT2D eigenvalue weighted by atomic mass is 19.4. The Kier molecular flexibility index (Phi) is 5.23. The zero-order valence-corrected chi connectivity index (χ0v) is 14.6. The van der Waals surface area contributed by atoms with Gasteiger partial charge in [0.25, 0.3) is 0 Å². The molecule has 1 aliphatic rings. The van der Waals surface area contributed by atoms with Crippen molar-refractivity contribution in [1.29, 1.82) is 0 Å². The molecular weight excluding hydrogens is 357 g/mol. The van der Waals surface area contributed by atoms with Crippen LogP contribution in [0, 0.1) is 0 Å². The topological polar surface area (TPSA) is 50.4 Å². The van der Waals surface area contributed by atoms with Gasteiger partial charge in [0.05, 0.1) is 17.7 Å². The van der Waals surface area contributed by atoms with Gasteiger partial charge < -0.3 is 15.4 Å². The fourth-order valence-electron chi connectivity index (χ4n) is 3.26. The number of anilines is 2. The highest BCUT2D eigenvalue weighted by Gasteiger charge is 2.33. The third kappa shape index (κ3) is 4.14. The molecule has 27 heavy (non-hydrogen) atoms. The summed E-state index contributed by atoms with van der Waals surface area (Å²) in [5.74, 6) is -0.319. The number of alkyl halides is 3. The van der Waals surface area contributed by atoms with Gasteiger partial charge in [-0.1, -0.05) is 18.7 Å². The van der Waals surface area contributed by atoms with Gasteiger partial charge in [0.2, 0.25) is 5.91 Å². The quantitative estimate of drug-likeness (QED) is 0.716. The summed E-state index contributed by atoms with van der Waals surface area (Å²) in [4.78, 5) is 11.5. The van der Waals surface area contributed by atoms with Gasteiger partial charge in [0.15, 0.2) is 0 Å². The lowest BCUT2D eigenvalue weighted by atomic mass is 10.1. The molecule has 0 saturated carbocycles. The second-order valence-corrected chi connectivity index (χ2v) is 6.27. The molecule has 0 aliphatic heterocycles. The normalized spacial score (nSPS) is 18.7. The number of methoxy groups -OCH3 is 1. The standard InChI is InChI=1S/C20H19F3N2O2/c1-3-19(26)25-14-7-8-15-16(10-14)18(27-2)11-17(15)24-13-6-4-5-12(9-13)20(21,22)23/h3-10,17-18,24H,1,11H2,2H3,(H,25,26)/t17-,18+/m1/s1. The van der Waals surface area contributed by atoms with Crippen LogP contribution in [0.1, 0.15) is 35.3 Å². The Morgan fingerprint density at radius 1 is 1.19 bits per heavy atom. The first-order chi connectivity index (χ1) is 12.8. The maximum Gasteiger partial charge on any atom is 0.416 e. The van der Waals surface area contributed by atoms with Gasteiger partial charge in [-0.05, 0) is 47.5 Å². The van der Waals surface area contributed by atoms with Gasteiger partial charge in [0.1, 0.15) is 0 Å². The molecule has 2 aromatic rings. The van der Waals surface area contributed by atoms with E-state index < -0.39 is 11.7 Å². The molecule has 2 N–H and O–H groups in total. The maximum absolute atomic E-state index is 12.9. The Labute approximate surface area is 155 Å². The third-order valence-corrected chi connectivity index (χ3v) is 4.53. The van der Waals surface area contributed by atoms with E-state index in [0.29, 0.717) is 17.8 Å². The molecule has 4 nitrogen and oxygen atoms in total. The predicted molar refractivity (Wildman–Crippen MR) is 97.4 cm³/mol. The van der Waals surface area contributed by atoms with Crippen molar-refractivity contribution in [2.75, 3.05) is 17.7 Å². The van der Waals surface area contributed by atoms with E-state index in [-0.39, 0.29) is 18.1 Å². The van der Waals surface area contributed by atoms with E-state index in [0.717, 1.165) is 23.3 Å². The minimum absolute atomic E-state index is 0.197. The Hall–Kier alpha value is -2.80. The zero-order chi connectivity index (χ0) is 19.6. The molecule has 0 bridgehead atoms. The first-order valence-corrected chi connectivity index (χ1v) is 8.35. The molecule has 0 spiro atoms. The lowest BCUT2D eigenvalue weighted by Gasteiger charge is -2.17. The van der Waals surface area contributed by atoms with Crippen LogP contribution in [0.25, 0.3) is 0 Å². The van der Waals surface area contributed by atoms with E-state index >= 15 is 0 Å². The van der Waals surface area contributed by atoms with Crippen LogP contribution in [0.4, 0.5) is 24.5 Å². The molecule has 7 heteroatoms. The van der Waals surface area contributed by atoms with Gasteiger partial charge in [0, 0.05) is 24.9 Å². The van der Waals surface area contributed by atoms with Crippen molar-refractivity contribution in [3.05, 3.63) is 71.8 Å². The summed E-state index contributed by atoms with van der Waals surface area (Å²) in [6, 6.07) is 10.3. The summed E-state index contributed by atoms with van der Waals surface area (Å²) in [7, 11) is 1.58. The number of nitrogens with one attached hydrogen (secondary N) is 2. The number of fused-ring (bicyclic) bond motifs is 1. The van der Waals surface area contributed by atoms with Gasteiger partial charge in [-0.25, -0.2) is 0 Å². The van der Waals surface area contributed by atoms with Gasteiger partial charge in [-0.3, -0.25) is 4.79 Å². The Balaban J connectivity index is 1.86. The minimum Gasteiger partial charge on any atom is -0.378 e. The molecule has 1 amide bonds. The molecular formula is C20H19F3N2O2. The Morgan fingerprint density at radius 2 is 1.96 bits per heavy atom. The Bertz CT molecular complexity index is 865.